The van der Waals surface area contributed by atoms with E-state index in [0.29, 0.717) is 0 Å². The summed E-state index contributed by atoms with van der Waals surface area (Å²) in [6.07, 6.45) is 3.32. The molecular weight excluding hydrogens is 114 g/mol. The molecule has 1 heterocycles. The number of rotatable bonds is 0. The van der Waals surface area contributed by atoms with Crippen LogP contribution in [0, 0.1) is 13.8 Å². The maximum Gasteiger partial charge on any atom is 0.225 e. The molecule has 1 N–H and O–H groups in total. The first-order chi connectivity index (χ1) is 4.18. The minimum Gasteiger partial charge on any atom is -0.285 e. The number of aromatic nitrogens is 1. The van der Waals surface area contributed by atoms with Crippen molar-refractivity contribution in [3.05, 3.63) is 29.6 Å². The molecule has 0 aliphatic rings. The van der Waals surface area contributed by atoms with Gasteiger partial charge in [0.25, 0.3) is 0 Å². The highest BCUT2D eigenvalue weighted by Gasteiger charge is 1.97. The lowest BCUT2D eigenvalue weighted by Crippen LogP contribution is -2.29. The van der Waals surface area contributed by atoms with Crippen molar-refractivity contribution in [1.29, 1.82) is 0 Å². The quantitative estimate of drug-likeness (QED) is 0.402. The maximum absolute atomic E-state index is 8.91. The Bertz CT molecular complexity index is 170. The molecule has 0 saturated heterocycles. The first kappa shape index (κ1) is 6.08. The second-order valence-electron chi connectivity index (χ2n) is 2.27. The van der Waals surface area contributed by atoms with Gasteiger partial charge in [-0.05, 0) is 19.9 Å². The molecule has 0 radical (unpaired) electrons. The minimum atomic E-state index is 1.07. The summed E-state index contributed by atoms with van der Waals surface area (Å²) in [7, 11) is 0. The van der Waals surface area contributed by atoms with Gasteiger partial charge in [0.2, 0.25) is 12.4 Å². The number of nitrogens with zero attached hydrogens (tertiary/aromatic N) is 1. The van der Waals surface area contributed by atoms with Crippen molar-refractivity contribution in [2.24, 2.45) is 0 Å². The van der Waals surface area contributed by atoms with Crippen molar-refractivity contribution in [3.63, 3.8) is 0 Å². The van der Waals surface area contributed by atoms with E-state index in [1.807, 2.05) is 19.9 Å². The smallest absolute Gasteiger partial charge is 0.225 e. The minimum absolute atomic E-state index is 1.07. The van der Waals surface area contributed by atoms with Crippen LogP contribution in [0.5, 0.6) is 0 Å². The van der Waals surface area contributed by atoms with Crippen molar-refractivity contribution < 1.29 is 9.94 Å². The molecule has 1 rings (SSSR count). The Labute approximate surface area is 54.3 Å². The summed E-state index contributed by atoms with van der Waals surface area (Å²) in [6, 6.07) is 2.01. The highest BCUT2D eigenvalue weighted by molar-refractivity contribution is 5.10. The fourth-order valence-corrected chi connectivity index (χ4v) is 0.888. The van der Waals surface area contributed by atoms with Gasteiger partial charge in [0, 0.05) is 15.9 Å². The summed E-state index contributed by atoms with van der Waals surface area (Å²) in [4.78, 5) is 0. The number of aryl methyl sites for hydroxylation is 2. The van der Waals surface area contributed by atoms with Crippen LogP contribution in [0.15, 0.2) is 18.5 Å². The Morgan fingerprint density at radius 2 is 1.67 bits per heavy atom. The van der Waals surface area contributed by atoms with Gasteiger partial charge in [-0.25, -0.2) is 0 Å². The van der Waals surface area contributed by atoms with Crippen LogP contribution in [0.4, 0.5) is 0 Å². The number of hydrogen-bond donors (Lipinski definition) is 1. The van der Waals surface area contributed by atoms with Crippen LogP contribution in [-0.2, 0) is 0 Å². The molecule has 1 aromatic heterocycles. The van der Waals surface area contributed by atoms with E-state index in [1.165, 1.54) is 0 Å². The van der Waals surface area contributed by atoms with Crippen LogP contribution in [-0.4, -0.2) is 5.21 Å². The Morgan fingerprint density at radius 1 is 1.22 bits per heavy atom. The molecule has 48 valence electrons. The normalized spacial score (nSPS) is 9.56. The van der Waals surface area contributed by atoms with E-state index < -0.39 is 0 Å². The lowest BCUT2D eigenvalue weighted by molar-refractivity contribution is -0.905. The Morgan fingerprint density at radius 3 is 2.00 bits per heavy atom. The lowest BCUT2D eigenvalue weighted by Gasteiger charge is -1.88. The summed E-state index contributed by atoms with van der Waals surface area (Å²) >= 11 is 0. The Kier molecular flexibility index (Phi) is 1.39. The predicted molar refractivity (Wildman–Crippen MR) is 33.3 cm³/mol. The van der Waals surface area contributed by atoms with E-state index in [4.69, 9.17) is 5.21 Å². The van der Waals surface area contributed by atoms with E-state index in [1.54, 1.807) is 12.4 Å². The SMILES string of the molecule is Cc1cc(C)c[n+](O)c1. The van der Waals surface area contributed by atoms with Crippen LogP contribution in [0.25, 0.3) is 0 Å². The molecule has 2 heteroatoms. The van der Waals surface area contributed by atoms with Crippen LogP contribution in [0.2, 0.25) is 0 Å². The summed E-state index contributed by atoms with van der Waals surface area (Å²) in [5.41, 5.74) is 2.13. The molecule has 0 saturated carbocycles. The van der Waals surface area contributed by atoms with Gasteiger partial charge < -0.3 is 0 Å². The topological polar surface area (TPSA) is 24.1 Å². The molecule has 0 aromatic carbocycles. The van der Waals surface area contributed by atoms with Crippen molar-refractivity contribution in [2.75, 3.05) is 0 Å². The molecule has 0 amide bonds. The lowest BCUT2D eigenvalue weighted by atomic mass is 10.2. The van der Waals surface area contributed by atoms with Gasteiger partial charge >= 0.3 is 0 Å². The van der Waals surface area contributed by atoms with Crippen LogP contribution >= 0.6 is 0 Å². The first-order valence-electron chi connectivity index (χ1n) is 2.87. The molecular formula is C7H10NO+. The molecule has 0 aliphatic carbocycles. The summed E-state index contributed by atoms with van der Waals surface area (Å²) in [5.74, 6) is 0. The maximum atomic E-state index is 8.91. The van der Waals surface area contributed by atoms with Gasteiger partial charge in [-0.1, -0.05) is 0 Å². The van der Waals surface area contributed by atoms with Gasteiger partial charge in [0.15, 0.2) is 0 Å². The highest BCUT2D eigenvalue weighted by Crippen LogP contribution is 1.95. The summed E-state index contributed by atoms with van der Waals surface area (Å²) < 4.78 is 1.07. The third kappa shape index (κ3) is 1.42. The van der Waals surface area contributed by atoms with Gasteiger partial charge in [0.05, 0.1) is 0 Å². The van der Waals surface area contributed by atoms with Gasteiger partial charge in [-0.2, -0.15) is 0 Å². The zero-order valence-corrected chi connectivity index (χ0v) is 5.63. The third-order valence-corrected chi connectivity index (χ3v) is 1.13. The third-order valence-electron chi connectivity index (χ3n) is 1.13. The number of pyridine rings is 1. The molecule has 2 nitrogen and oxygen atoms in total. The Hall–Kier alpha value is -1.05. The molecule has 0 atom stereocenters. The van der Waals surface area contributed by atoms with E-state index in [2.05, 4.69) is 0 Å². The zero-order chi connectivity index (χ0) is 6.85. The molecule has 0 fully saturated rings. The zero-order valence-electron chi connectivity index (χ0n) is 5.63. The van der Waals surface area contributed by atoms with Crippen molar-refractivity contribution in [2.45, 2.75) is 13.8 Å². The molecule has 1 aromatic rings. The predicted octanol–water partition coefficient (Wildman–Crippen LogP) is 0.828. The average molecular weight is 124 g/mol. The molecule has 0 aliphatic heterocycles. The van der Waals surface area contributed by atoms with Gasteiger partial charge in [0.1, 0.15) is 0 Å². The second kappa shape index (κ2) is 2.05. The number of hydrogen-bond acceptors (Lipinski definition) is 1. The largest absolute Gasteiger partial charge is 0.285 e. The van der Waals surface area contributed by atoms with Gasteiger partial charge in [-0.15, -0.1) is 0 Å². The average Bonchev–Trinajstić information content (AvgIpc) is 1.59. The van der Waals surface area contributed by atoms with E-state index in [9.17, 15) is 0 Å². The van der Waals surface area contributed by atoms with Crippen molar-refractivity contribution >= 4 is 0 Å². The van der Waals surface area contributed by atoms with Crippen LogP contribution in [0.3, 0.4) is 0 Å². The van der Waals surface area contributed by atoms with E-state index in [-0.39, 0.29) is 0 Å². The first-order valence-corrected chi connectivity index (χ1v) is 2.87. The molecule has 0 spiro atoms. The standard InChI is InChI=1S/C7H10NO/c1-6-3-7(2)5-8(9)4-6/h3-5,9H,1-2H3/q+1. The molecule has 9 heavy (non-hydrogen) atoms. The Balaban J connectivity index is 3.17. The fraction of sp³-hybridized carbons (Fsp3) is 0.286. The van der Waals surface area contributed by atoms with E-state index >= 15 is 0 Å². The van der Waals surface area contributed by atoms with Gasteiger partial charge in [-0.3, -0.25) is 5.21 Å². The summed E-state index contributed by atoms with van der Waals surface area (Å²) in [6.45, 7) is 3.89. The van der Waals surface area contributed by atoms with Crippen LogP contribution in [0.1, 0.15) is 11.1 Å². The second-order valence-corrected chi connectivity index (χ2v) is 2.27. The van der Waals surface area contributed by atoms with Crippen molar-refractivity contribution in [1.82, 2.24) is 0 Å². The monoisotopic (exact) mass is 124 g/mol. The molecule has 0 bridgehead atoms. The van der Waals surface area contributed by atoms with Crippen LogP contribution < -0.4 is 4.73 Å². The molecule has 0 unspecified atom stereocenters. The highest BCUT2D eigenvalue weighted by atomic mass is 16.5. The van der Waals surface area contributed by atoms with Crippen molar-refractivity contribution in [3.8, 4) is 0 Å². The fourth-order valence-electron chi connectivity index (χ4n) is 0.888. The van der Waals surface area contributed by atoms with E-state index in [0.717, 1.165) is 15.9 Å². The summed E-state index contributed by atoms with van der Waals surface area (Å²) in [5, 5.41) is 8.91.